The molecule has 172 valence electrons. The van der Waals surface area contributed by atoms with Crippen LogP contribution in [0, 0.1) is 6.92 Å². The number of furan rings is 1. The van der Waals surface area contributed by atoms with Crippen molar-refractivity contribution in [1.82, 2.24) is 10.2 Å². The number of aromatic hydroxyl groups is 1. The third-order valence-electron chi connectivity index (χ3n) is 4.46. The third-order valence-corrected chi connectivity index (χ3v) is 5.14. The van der Waals surface area contributed by atoms with Crippen LogP contribution in [0.5, 0.6) is 5.75 Å². The second kappa shape index (κ2) is 8.65. The zero-order chi connectivity index (χ0) is 23.8. The lowest BCUT2D eigenvalue weighted by Crippen LogP contribution is -2.35. The smallest absolute Gasteiger partial charge is 0.417 e. The van der Waals surface area contributed by atoms with Crippen LogP contribution in [-0.4, -0.2) is 45.9 Å². The molecule has 0 saturated carbocycles. The molecular weight excluding hydrogens is 451 g/mol. The lowest BCUT2D eigenvalue weighted by molar-refractivity contribution is -0.138. The summed E-state index contributed by atoms with van der Waals surface area (Å²) < 4.78 is 65.2. The van der Waals surface area contributed by atoms with Gasteiger partial charge in [0.25, 0.3) is 17.1 Å². The number of alkyl halides is 3. The first-order chi connectivity index (χ1) is 14.9. The summed E-state index contributed by atoms with van der Waals surface area (Å²) in [5.41, 5.74) is -2.44. The quantitative estimate of drug-likeness (QED) is 0.590. The molecule has 32 heavy (non-hydrogen) atoms. The van der Waals surface area contributed by atoms with E-state index in [1.807, 2.05) is 0 Å². The minimum Gasteiger partial charge on any atom is -0.505 e. The van der Waals surface area contributed by atoms with Crippen LogP contribution in [0.4, 0.5) is 18.9 Å². The monoisotopic (exact) mass is 471 g/mol. The Labute approximate surface area is 183 Å². The molecule has 3 N–H and O–H groups in total. The second-order valence-electron chi connectivity index (χ2n) is 7.13. The van der Waals surface area contributed by atoms with Crippen molar-refractivity contribution >= 4 is 34.4 Å². The molecule has 0 aliphatic carbocycles. The average Bonchev–Trinajstić information content (AvgIpc) is 3.27. The summed E-state index contributed by atoms with van der Waals surface area (Å²) in [6.45, 7) is 3.52. The molecule has 0 radical (unpaired) electrons. The number of rotatable bonds is 4. The molecule has 1 aromatic heterocycles. The number of hydrogen-bond donors (Lipinski definition) is 3. The lowest BCUT2D eigenvalue weighted by Gasteiger charge is -2.20. The largest absolute Gasteiger partial charge is 0.505 e. The van der Waals surface area contributed by atoms with E-state index in [4.69, 9.17) is 4.42 Å². The number of aryl methyl sites for hydroxylation is 1. The number of nitrogens with zero attached hydrogens (tertiary/aromatic N) is 3. The molecule has 1 unspecified atom stereocenters. The van der Waals surface area contributed by atoms with Crippen LogP contribution < -0.4 is 10.6 Å². The van der Waals surface area contributed by atoms with Gasteiger partial charge in [-0.1, -0.05) is 0 Å². The molecule has 1 aliphatic rings. The highest BCUT2D eigenvalue weighted by Gasteiger charge is 2.38. The normalized spacial score (nSPS) is 16.9. The van der Waals surface area contributed by atoms with E-state index in [0.29, 0.717) is 17.6 Å². The van der Waals surface area contributed by atoms with Crippen LogP contribution in [0.25, 0.3) is 0 Å². The van der Waals surface area contributed by atoms with Crippen LogP contribution >= 0.6 is 0 Å². The van der Waals surface area contributed by atoms with E-state index in [9.17, 15) is 27.3 Å². The lowest BCUT2D eigenvalue weighted by atomic mass is 10.0. The fourth-order valence-electron chi connectivity index (χ4n) is 2.90. The summed E-state index contributed by atoms with van der Waals surface area (Å²) in [6, 6.07) is 4.72. The number of anilines is 1. The molecule has 0 spiro atoms. The van der Waals surface area contributed by atoms with Crippen LogP contribution in [0.15, 0.2) is 37.5 Å². The molecule has 0 fully saturated rings. The van der Waals surface area contributed by atoms with Gasteiger partial charge in [0.2, 0.25) is 0 Å². The molecule has 1 aliphatic heterocycles. The molecular formula is C19H20F3N5O4S. The highest BCUT2D eigenvalue weighted by Crippen LogP contribution is 2.40. The van der Waals surface area contributed by atoms with Crippen molar-refractivity contribution in [2.45, 2.75) is 26.1 Å². The maximum atomic E-state index is 13.4. The van der Waals surface area contributed by atoms with Gasteiger partial charge >= 0.3 is 6.18 Å². The van der Waals surface area contributed by atoms with Gasteiger partial charge in [-0.15, -0.1) is 8.80 Å². The number of phenols is 1. The van der Waals surface area contributed by atoms with Gasteiger partial charge in [0, 0.05) is 14.1 Å². The van der Waals surface area contributed by atoms with Crippen molar-refractivity contribution in [2.24, 2.45) is 8.80 Å². The predicted octanol–water partition coefficient (Wildman–Crippen LogP) is 3.17. The number of amides is 1. The van der Waals surface area contributed by atoms with Crippen molar-refractivity contribution in [3.63, 3.8) is 0 Å². The van der Waals surface area contributed by atoms with Gasteiger partial charge in [0.15, 0.2) is 17.4 Å². The number of carbonyl (C=O) groups excluding carboxylic acids is 1. The number of nitrogens with one attached hydrogen (secondary N) is 2. The van der Waals surface area contributed by atoms with Gasteiger partial charge < -0.3 is 25.1 Å². The van der Waals surface area contributed by atoms with Crippen molar-refractivity contribution in [1.29, 1.82) is 0 Å². The average molecular weight is 471 g/mol. The van der Waals surface area contributed by atoms with Gasteiger partial charge in [-0.05, 0) is 38.1 Å². The predicted molar refractivity (Wildman–Crippen MR) is 113 cm³/mol. The summed E-state index contributed by atoms with van der Waals surface area (Å²) >= 11 is -1.99. The first-order valence-electron chi connectivity index (χ1n) is 9.23. The zero-order valence-corrected chi connectivity index (χ0v) is 18.3. The Morgan fingerprint density at radius 3 is 2.41 bits per heavy atom. The fourth-order valence-corrected chi connectivity index (χ4v) is 3.52. The maximum absolute atomic E-state index is 13.4. The minimum atomic E-state index is -4.87. The Balaban J connectivity index is 1.92. The summed E-state index contributed by atoms with van der Waals surface area (Å²) in [4.78, 5) is 13.3. The number of halogens is 3. The van der Waals surface area contributed by atoms with E-state index in [2.05, 4.69) is 19.4 Å². The number of amidine groups is 2. The number of carbonyl (C=O) groups is 1. The zero-order valence-electron chi connectivity index (χ0n) is 17.4. The SMILES string of the molecule is Cc1ccc([C@@H](C)NC2=NS(=O)N=C2Nc2ccc(C(F)(F)F)c(C(=O)N(C)C)c2O)o1. The van der Waals surface area contributed by atoms with E-state index in [1.165, 1.54) is 14.1 Å². The Bertz CT molecular complexity index is 1140. The van der Waals surface area contributed by atoms with E-state index in [-0.39, 0.29) is 17.4 Å². The Hall–Kier alpha value is -3.35. The molecule has 0 saturated heterocycles. The van der Waals surface area contributed by atoms with E-state index < -0.39 is 46.2 Å². The van der Waals surface area contributed by atoms with E-state index >= 15 is 0 Å². The molecule has 0 bridgehead atoms. The topological polar surface area (TPSA) is 120 Å². The second-order valence-corrected chi connectivity index (χ2v) is 7.96. The van der Waals surface area contributed by atoms with Crippen LogP contribution in [0.2, 0.25) is 0 Å². The minimum absolute atomic E-state index is 0.0460. The third kappa shape index (κ3) is 4.77. The number of benzene rings is 1. The Kier molecular flexibility index (Phi) is 6.30. The van der Waals surface area contributed by atoms with Crippen LogP contribution in [0.3, 0.4) is 0 Å². The summed E-state index contributed by atoms with van der Waals surface area (Å²) in [6.07, 6.45) is -4.87. The van der Waals surface area contributed by atoms with Crippen molar-refractivity contribution in [3.05, 3.63) is 46.9 Å². The molecule has 2 heterocycles. The van der Waals surface area contributed by atoms with Gasteiger partial charge in [-0.25, -0.2) is 4.21 Å². The van der Waals surface area contributed by atoms with Crippen molar-refractivity contribution in [2.75, 3.05) is 19.4 Å². The first kappa shape index (κ1) is 23.3. The van der Waals surface area contributed by atoms with Gasteiger partial charge in [0.1, 0.15) is 11.5 Å². The van der Waals surface area contributed by atoms with Crippen LogP contribution in [0.1, 0.15) is 40.4 Å². The van der Waals surface area contributed by atoms with Crippen molar-refractivity contribution in [3.8, 4) is 5.75 Å². The van der Waals surface area contributed by atoms with Gasteiger partial charge in [0.05, 0.1) is 22.9 Å². The van der Waals surface area contributed by atoms with Gasteiger partial charge in [-0.2, -0.15) is 13.2 Å². The van der Waals surface area contributed by atoms with E-state index in [0.717, 1.165) is 11.0 Å². The van der Waals surface area contributed by atoms with E-state index in [1.54, 1.807) is 26.0 Å². The number of hydrogen-bond acceptors (Lipinski definition) is 6. The summed E-state index contributed by atoms with van der Waals surface area (Å²) in [5.74, 6) is -0.748. The summed E-state index contributed by atoms with van der Waals surface area (Å²) in [7, 11) is 2.53. The number of phenolic OH excluding ortho intramolecular Hbond substituents is 1. The molecule has 9 nitrogen and oxygen atoms in total. The molecule has 1 aromatic carbocycles. The molecule has 2 atom stereocenters. The molecule has 3 rings (SSSR count). The molecule has 13 heteroatoms. The molecule has 1 amide bonds. The maximum Gasteiger partial charge on any atom is 0.417 e. The van der Waals surface area contributed by atoms with Crippen molar-refractivity contribution < 1.29 is 31.7 Å². The van der Waals surface area contributed by atoms with Gasteiger partial charge in [-0.3, -0.25) is 4.79 Å². The first-order valence-corrected chi connectivity index (χ1v) is 10.3. The fraction of sp³-hybridized carbons (Fsp3) is 0.316. The molecule has 2 aromatic rings. The summed E-state index contributed by atoms with van der Waals surface area (Å²) in [5, 5.41) is 16.1. The standard InChI is InChI=1S/C19H20F3N5O4S/c1-9-5-8-13(31-9)10(2)23-16-17(26-32(30)25-16)24-12-7-6-11(19(20,21)22)14(15(12)28)18(29)27(3)4/h5-8,10,28H,1-4H3,(H,23,25)(H,24,26)/t10-,32?/m1/s1. The Morgan fingerprint density at radius 1 is 1.19 bits per heavy atom. The Morgan fingerprint density at radius 2 is 1.84 bits per heavy atom. The highest BCUT2D eigenvalue weighted by molar-refractivity contribution is 7.83. The van der Waals surface area contributed by atoms with Crippen LogP contribution in [-0.2, 0) is 17.3 Å². The highest BCUT2D eigenvalue weighted by atomic mass is 32.2.